The average Bonchev–Trinajstić information content (AvgIpc) is 1.21. The van der Waals surface area contributed by atoms with Gasteiger partial charge in [-0.3, -0.25) is 0 Å². The van der Waals surface area contributed by atoms with E-state index in [1.807, 2.05) is 0 Å². The van der Waals surface area contributed by atoms with E-state index in [0.717, 1.165) is 11.3 Å². The second kappa shape index (κ2) is 4.31. The molecule has 0 saturated heterocycles. The minimum Gasteiger partial charge on any atom is -0.198 e. The first-order valence-corrected chi connectivity index (χ1v) is 3.80. The molecule has 0 N–H and O–H groups in total. The van der Waals surface area contributed by atoms with Crippen molar-refractivity contribution >= 4 is 29.0 Å². The first kappa shape index (κ1) is 12.2. The van der Waals surface area contributed by atoms with Crippen molar-refractivity contribution in [2.75, 3.05) is 20.4 Å². The normalized spacial score (nSPS) is 11.1. The second-order valence-electron chi connectivity index (χ2n) is 1.59. The van der Waals surface area contributed by atoms with E-state index in [0.29, 0.717) is 0 Å². The molecule has 0 aromatic heterocycles. The molecule has 0 spiro atoms. The van der Waals surface area contributed by atoms with Gasteiger partial charge in [0.15, 0.2) is 0 Å². The number of rotatable bonds is 2. The van der Waals surface area contributed by atoms with Crippen molar-refractivity contribution in [1.82, 2.24) is 5.06 Å². The summed E-state index contributed by atoms with van der Waals surface area (Å²) in [6.07, 6.45) is 0.993. The molecular weight excluding hydrogens is 137 g/mol. The molecule has 0 atom stereocenters. The topological polar surface area (TPSA) is 46.6 Å². The maximum atomic E-state index is 10.2. The predicted molar refractivity (Wildman–Crippen MR) is 35.4 cm³/mol. The van der Waals surface area contributed by atoms with Gasteiger partial charge in [0, 0.05) is 33.0 Å². The summed E-state index contributed by atoms with van der Waals surface area (Å²) in [7, 11) is -0.295. The van der Waals surface area contributed by atoms with Crippen molar-refractivity contribution in [3.8, 4) is 0 Å². The van der Waals surface area contributed by atoms with E-state index < -0.39 is 10.1 Å². The third kappa shape index (κ3) is 11.8. The smallest absolute Gasteiger partial charge is 0.198 e. The minimum atomic E-state index is -3.30. The maximum Gasteiger partial charge on any atom is 0.280 e. The van der Waals surface area contributed by atoms with Crippen molar-refractivity contribution in [2.45, 2.75) is 0 Å². The Morgan fingerprint density at radius 2 is 1.67 bits per heavy atom. The van der Waals surface area contributed by atoms with Crippen molar-refractivity contribution in [3.05, 3.63) is 0 Å². The standard InChI is InChI=1S/C3H9NO3S.Li/c1-4(2)7-8(3,5)6;/h1-3H3;. The fourth-order valence-electron chi connectivity index (χ4n) is 0.271. The molecule has 0 saturated carbocycles. The van der Waals surface area contributed by atoms with Crippen LogP contribution in [0.5, 0.6) is 0 Å². The zero-order valence-corrected chi connectivity index (χ0v) is 6.90. The Balaban J connectivity index is 0. The minimum absolute atomic E-state index is 0. The summed E-state index contributed by atoms with van der Waals surface area (Å²) in [5.41, 5.74) is 0. The van der Waals surface area contributed by atoms with Crippen molar-refractivity contribution in [1.29, 1.82) is 0 Å². The summed E-state index contributed by atoms with van der Waals surface area (Å²) >= 11 is 0. The number of hydrogen-bond acceptors (Lipinski definition) is 4. The van der Waals surface area contributed by atoms with E-state index in [-0.39, 0.29) is 18.9 Å². The average molecular weight is 146 g/mol. The van der Waals surface area contributed by atoms with Crippen LogP contribution >= 0.6 is 0 Å². The van der Waals surface area contributed by atoms with Gasteiger partial charge in [0.2, 0.25) is 0 Å². The summed E-state index contributed by atoms with van der Waals surface area (Å²) in [4.78, 5) is 0. The molecule has 9 heavy (non-hydrogen) atoms. The first-order valence-electron chi connectivity index (χ1n) is 1.99. The molecule has 0 aliphatic rings. The molecule has 0 amide bonds. The Bertz CT molecular complexity index is 152. The Hall–Kier alpha value is 0.467. The largest absolute Gasteiger partial charge is 0.280 e. The van der Waals surface area contributed by atoms with Gasteiger partial charge in [-0.2, -0.15) is 17.8 Å². The molecule has 0 heterocycles. The van der Waals surface area contributed by atoms with E-state index in [1.165, 1.54) is 14.1 Å². The number of nitrogens with zero attached hydrogens (tertiary/aromatic N) is 1. The molecule has 0 aliphatic carbocycles. The molecule has 0 rings (SSSR count). The molecule has 0 fully saturated rings. The van der Waals surface area contributed by atoms with Gasteiger partial charge in [0.25, 0.3) is 10.1 Å². The number of hydrogen-bond donors (Lipinski definition) is 0. The first-order chi connectivity index (χ1) is 3.42. The summed E-state index contributed by atoms with van der Waals surface area (Å²) in [6, 6.07) is 0. The van der Waals surface area contributed by atoms with Crippen LogP contribution in [0.1, 0.15) is 0 Å². The van der Waals surface area contributed by atoms with Crippen LogP contribution in [0, 0.1) is 0 Å². The Labute approximate surface area is 67.4 Å². The molecule has 0 aliphatic heterocycles. The van der Waals surface area contributed by atoms with Gasteiger partial charge >= 0.3 is 0 Å². The molecular formula is C3H9LiNO3S. The van der Waals surface area contributed by atoms with E-state index in [9.17, 15) is 8.42 Å². The van der Waals surface area contributed by atoms with Crippen LogP contribution in [0.3, 0.4) is 0 Å². The van der Waals surface area contributed by atoms with Crippen LogP contribution in [-0.2, 0) is 14.4 Å². The number of hydroxylamine groups is 2. The van der Waals surface area contributed by atoms with Crippen LogP contribution in [0.15, 0.2) is 0 Å². The van der Waals surface area contributed by atoms with Gasteiger partial charge in [-0.1, -0.05) is 0 Å². The van der Waals surface area contributed by atoms with Gasteiger partial charge < -0.3 is 0 Å². The van der Waals surface area contributed by atoms with E-state index in [2.05, 4.69) is 4.28 Å². The Morgan fingerprint density at radius 3 is 1.67 bits per heavy atom. The molecule has 0 aromatic rings. The third-order valence-corrected chi connectivity index (χ3v) is 0.853. The van der Waals surface area contributed by atoms with Crippen LogP contribution in [0.25, 0.3) is 0 Å². The summed E-state index contributed by atoms with van der Waals surface area (Å²) in [6.45, 7) is 0. The molecule has 6 heteroatoms. The summed E-state index contributed by atoms with van der Waals surface area (Å²) in [5.74, 6) is 0. The molecule has 0 aromatic carbocycles. The fourth-order valence-corrected chi connectivity index (χ4v) is 0.812. The monoisotopic (exact) mass is 146 g/mol. The zero-order chi connectivity index (χ0) is 6.78. The van der Waals surface area contributed by atoms with Crippen LogP contribution < -0.4 is 0 Å². The van der Waals surface area contributed by atoms with Crippen LogP contribution in [0.4, 0.5) is 0 Å². The van der Waals surface area contributed by atoms with Crippen LogP contribution in [-0.4, -0.2) is 52.7 Å². The summed E-state index contributed by atoms with van der Waals surface area (Å²) in [5, 5.41) is 1.12. The van der Waals surface area contributed by atoms with E-state index >= 15 is 0 Å². The third-order valence-electron chi connectivity index (χ3n) is 0.284. The summed E-state index contributed by atoms with van der Waals surface area (Å²) < 4.78 is 24.6. The van der Waals surface area contributed by atoms with E-state index in [4.69, 9.17) is 0 Å². The molecule has 51 valence electrons. The molecule has 0 unspecified atom stereocenters. The molecule has 4 nitrogen and oxygen atoms in total. The predicted octanol–water partition coefficient (Wildman–Crippen LogP) is -0.942. The maximum absolute atomic E-state index is 10.2. The molecule has 0 bridgehead atoms. The van der Waals surface area contributed by atoms with Gasteiger partial charge in [-0.05, 0) is 0 Å². The van der Waals surface area contributed by atoms with Gasteiger partial charge in [-0.15, -0.1) is 0 Å². The quantitative estimate of drug-likeness (QED) is 0.372. The SMILES string of the molecule is CN(C)OS(C)(=O)=O.[Li]. The second-order valence-corrected chi connectivity index (χ2v) is 3.15. The van der Waals surface area contributed by atoms with Crippen molar-refractivity contribution in [2.24, 2.45) is 0 Å². The van der Waals surface area contributed by atoms with Gasteiger partial charge in [-0.25, -0.2) is 0 Å². The van der Waals surface area contributed by atoms with Crippen molar-refractivity contribution < 1.29 is 12.7 Å². The Kier molecular flexibility index (Phi) is 5.83. The Morgan fingerprint density at radius 1 is 1.33 bits per heavy atom. The fraction of sp³-hybridized carbons (Fsp3) is 1.00. The van der Waals surface area contributed by atoms with Gasteiger partial charge in [0.1, 0.15) is 0 Å². The zero-order valence-electron chi connectivity index (χ0n) is 6.08. The van der Waals surface area contributed by atoms with Crippen LogP contribution in [0.2, 0.25) is 0 Å². The molecule has 1 radical (unpaired) electrons. The van der Waals surface area contributed by atoms with Gasteiger partial charge in [0.05, 0.1) is 6.26 Å². The van der Waals surface area contributed by atoms with E-state index in [1.54, 1.807) is 0 Å². The van der Waals surface area contributed by atoms with Crippen molar-refractivity contribution in [3.63, 3.8) is 0 Å².